The van der Waals surface area contributed by atoms with Crippen LogP contribution in [0.1, 0.15) is 75.8 Å². The second-order valence-electron chi connectivity index (χ2n) is 11.5. The molecule has 1 saturated carbocycles. The van der Waals surface area contributed by atoms with Crippen molar-refractivity contribution in [3.8, 4) is 0 Å². The van der Waals surface area contributed by atoms with Crippen LogP contribution in [0.5, 0.6) is 0 Å². The summed E-state index contributed by atoms with van der Waals surface area (Å²) in [6.07, 6.45) is 9.46. The molecule has 1 aliphatic carbocycles. The Bertz CT molecular complexity index is 1440. The molecule has 0 aromatic carbocycles. The third-order valence-corrected chi connectivity index (χ3v) is 8.56. The molecule has 0 unspecified atom stereocenters. The number of carbonyl (C=O) groups is 2. The monoisotopic (exact) mass is 578 g/mol. The van der Waals surface area contributed by atoms with Crippen LogP contribution >= 0.6 is 0 Å². The number of ether oxygens (including phenoxy) is 1. The normalized spacial score (nSPS) is 16.8. The van der Waals surface area contributed by atoms with Crippen LogP contribution < -0.4 is 16.1 Å². The van der Waals surface area contributed by atoms with Crippen LogP contribution in [0.4, 0.5) is 11.6 Å². The third-order valence-electron chi connectivity index (χ3n) is 8.56. The SMILES string of the molecule is CCCn1c2c(c(=O)n(CCCOC)c1=O)CC(c1ccc(N(CCCN3CCCC3=O)C(=O)C3CCCC3)nc1)=N2. The quantitative estimate of drug-likeness (QED) is 0.337. The van der Waals surface area contributed by atoms with Gasteiger partial charge in [-0.05, 0) is 50.7 Å². The summed E-state index contributed by atoms with van der Waals surface area (Å²) in [6.45, 7) is 5.16. The molecule has 0 spiro atoms. The van der Waals surface area contributed by atoms with Crippen LogP contribution in [0.15, 0.2) is 32.9 Å². The molecule has 2 aromatic rings. The highest BCUT2D eigenvalue weighted by molar-refractivity contribution is 6.06. The van der Waals surface area contributed by atoms with Gasteiger partial charge in [-0.25, -0.2) is 14.8 Å². The summed E-state index contributed by atoms with van der Waals surface area (Å²) in [5.74, 6) is 1.32. The number of anilines is 1. The van der Waals surface area contributed by atoms with Gasteiger partial charge < -0.3 is 9.64 Å². The van der Waals surface area contributed by atoms with Crippen molar-refractivity contribution in [1.29, 1.82) is 0 Å². The fourth-order valence-electron chi connectivity index (χ4n) is 6.33. The lowest BCUT2D eigenvalue weighted by atomic mass is 10.1. The van der Waals surface area contributed by atoms with Crippen LogP contribution in [0.25, 0.3) is 0 Å². The molecule has 3 aliphatic rings. The van der Waals surface area contributed by atoms with Gasteiger partial charge in [0.1, 0.15) is 11.6 Å². The highest BCUT2D eigenvalue weighted by Crippen LogP contribution is 2.29. The molecule has 0 atom stereocenters. The van der Waals surface area contributed by atoms with Gasteiger partial charge in [0.25, 0.3) is 5.56 Å². The number of pyridine rings is 1. The molecule has 0 radical (unpaired) electrons. The number of likely N-dealkylation sites (tertiary alicyclic amines) is 1. The third kappa shape index (κ3) is 6.25. The number of aromatic nitrogens is 3. The Labute approximate surface area is 246 Å². The van der Waals surface area contributed by atoms with Gasteiger partial charge in [0, 0.05) is 77.0 Å². The van der Waals surface area contributed by atoms with Crippen LogP contribution in [-0.2, 0) is 33.8 Å². The predicted molar refractivity (Wildman–Crippen MR) is 161 cm³/mol. The van der Waals surface area contributed by atoms with Gasteiger partial charge in [-0.1, -0.05) is 19.8 Å². The second kappa shape index (κ2) is 13.6. The number of aliphatic imine (C=N–C) groups is 1. The zero-order valence-corrected chi connectivity index (χ0v) is 24.8. The Hall–Kier alpha value is -3.60. The predicted octanol–water partition coefficient (Wildman–Crippen LogP) is 3.06. The minimum Gasteiger partial charge on any atom is -0.385 e. The van der Waals surface area contributed by atoms with Crippen LogP contribution in [-0.4, -0.2) is 69.9 Å². The van der Waals surface area contributed by atoms with Crippen molar-refractivity contribution in [1.82, 2.24) is 19.0 Å². The van der Waals surface area contributed by atoms with Gasteiger partial charge in [0.05, 0.1) is 11.3 Å². The fraction of sp³-hybridized carbons (Fsp3) is 0.613. The Balaban J connectivity index is 1.37. The standard InChI is InChI=1S/C31H42N6O5/c1-3-14-36-28-24(30(40)37(31(36)41)18-8-19-42-2)20-25(33-28)23-12-13-26(32-21-23)35(29(39)22-9-4-5-10-22)17-7-16-34-15-6-11-27(34)38/h12-13,21-22H,3-11,14-20H2,1-2H3. The van der Waals surface area contributed by atoms with Crippen molar-refractivity contribution in [2.75, 3.05) is 38.3 Å². The van der Waals surface area contributed by atoms with E-state index in [0.717, 1.165) is 50.6 Å². The minimum atomic E-state index is -0.341. The number of hydrogen-bond donors (Lipinski definition) is 0. The van der Waals surface area contributed by atoms with Crippen LogP contribution in [0.3, 0.4) is 0 Å². The van der Waals surface area contributed by atoms with Gasteiger partial charge in [-0.3, -0.25) is 28.4 Å². The summed E-state index contributed by atoms with van der Waals surface area (Å²) < 4.78 is 8.02. The van der Waals surface area contributed by atoms with Gasteiger partial charge >= 0.3 is 5.69 Å². The molecule has 5 rings (SSSR count). The minimum absolute atomic E-state index is 0.00922. The summed E-state index contributed by atoms with van der Waals surface area (Å²) in [4.78, 5) is 65.2. The Morgan fingerprint density at radius 2 is 1.86 bits per heavy atom. The largest absolute Gasteiger partial charge is 0.385 e. The number of rotatable bonds is 13. The molecule has 42 heavy (non-hydrogen) atoms. The Morgan fingerprint density at radius 1 is 1.05 bits per heavy atom. The molecule has 2 amide bonds. The smallest absolute Gasteiger partial charge is 0.332 e. The van der Waals surface area contributed by atoms with E-state index in [2.05, 4.69) is 4.98 Å². The zero-order valence-electron chi connectivity index (χ0n) is 24.8. The van der Waals surface area contributed by atoms with Crippen molar-refractivity contribution < 1.29 is 14.3 Å². The van der Waals surface area contributed by atoms with Crippen molar-refractivity contribution in [3.05, 3.63) is 50.3 Å². The summed E-state index contributed by atoms with van der Waals surface area (Å²) in [7, 11) is 1.60. The van der Waals surface area contributed by atoms with E-state index in [4.69, 9.17) is 9.73 Å². The van der Waals surface area contributed by atoms with Gasteiger partial charge in [0.15, 0.2) is 0 Å². The van der Waals surface area contributed by atoms with Gasteiger partial charge in [-0.15, -0.1) is 0 Å². The molecule has 2 fully saturated rings. The molecule has 1 saturated heterocycles. The van der Waals surface area contributed by atoms with E-state index in [1.165, 1.54) is 4.57 Å². The lowest BCUT2D eigenvalue weighted by molar-refractivity contribution is -0.127. The van der Waals surface area contributed by atoms with Crippen molar-refractivity contribution in [2.24, 2.45) is 10.9 Å². The Kier molecular flexibility index (Phi) is 9.66. The number of hydrogen-bond acceptors (Lipinski definition) is 7. The molecule has 2 aliphatic heterocycles. The van der Waals surface area contributed by atoms with E-state index in [-0.39, 0.29) is 29.0 Å². The van der Waals surface area contributed by atoms with E-state index in [0.29, 0.717) is 81.4 Å². The van der Waals surface area contributed by atoms with E-state index in [1.807, 2.05) is 24.0 Å². The van der Waals surface area contributed by atoms with E-state index < -0.39 is 0 Å². The summed E-state index contributed by atoms with van der Waals surface area (Å²) in [5, 5.41) is 0. The first kappa shape index (κ1) is 29.9. The van der Waals surface area contributed by atoms with Crippen molar-refractivity contribution in [2.45, 2.75) is 84.2 Å². The summed E-state index contributed by atoms with van der Waals surface area (Å²) in [5.41, 5.74) is 1.32. The molecule has 11 heteroatoms. The lowest BCUT2D eigenvalue weighted by Gasteiger charge is -2.26. The molecule has 0 bridgehead atoms. The number of nitrogens with zero attached hydrogens (tertiary/aromatic N) is 6. The van der Waals surface area contributed by atoms with E-state index in [9.17, 15) is 19.2 Å². The van der Waals surface area contributed by atoms with Crippen LogP contribution in [0, 0.1) is 5.92 Å². The summed E-state index contributed by atoms with van der Waals surface area (Å²) >= 11 is 0. The molecular weight excluding hydrogens is 536 g/mol. The summed E-state index contributed by atoms with van der Waals surface area (Å²) in [6, 6.07) is 3.74. The maximum Gasteiger partial charge on any atom is 0.332 e. The molecule has 226 valence electrons. The van der Waals surface area contributed by atoms with Gasteiger partial charge in [0.2, 0.25) is 11.8 Å². The molecule has 4 heterocycles. The first-order valence-electron chi connectivity index (χ1n) is 15.4. The van der Waals surface area contributed by atoms with E-state index in [1.54, 1.807) is 22.8 Å². The number of carbonyl (C=O) groups excluding carboxylic acids is 2. The lowest BCUT2D eigenvalue weighted by Crippen LogP contribution is -2.41. The maximum absolute atomic E-state index is 13.5. The number of fused-ring (bicyclic) bond motifs is 1. The van der Waals surface area contributed by atoms with E-state index >= 15 is 0 Å². The first-order chi connectivity index (χ1) is 20.4. The molecular formula is C31H42N6O5. The van der Waals surface area contributed by atoms with Crippen molar-refractivity contribution >= 4 is 29.2 Å². The maximum atomic E-state index is 13.5. The average molecular weight is 579 g/mol. The topological polar surface area (TPSA) is 119 Å². The number of methoxy groups -OCH3 is 1. The molecule has 2 aromatic heterocycles. The van der Waals surface area contributed by atoms with Crippen LogP contribution in [0.2, 0.25) is 0 Å². The van der Waals surface area contributed by atoms with Gasteiger partial charge in [-0.2, -0.15) is 0 Å². The van der Waals surface area contributed by atoms with Crippen molar-refractivity contribution in [3.63, 3.8) is 0 Å². The average Bonchev–Trinajstić information content (AvgIpc) is 3.77. The zero-order chi connectivity index (χ0) is 29.6. The Morgan fingerprint density at radius 3 is 2.52 bits per heavy atom. The first-order valence-corrected chi connectivity index (χ1v) is 15.4. The molecule has 0 N–H and O–H groups in total. The fourth-order valence-corrected chi connectivity index (χ4v) is 6.33. The second-order valence-corrected chi connectivity index (χ2v) is 11.5. The highest BCUT2D eigenvalue weighted by atomic mass is 16.5. The molecule has 11 nitrogen and oxygen atoms in total. The highest BCUT2D eigenvalue weighted by Gasteiger charge is 2.30. The number of amides is 2.